The molecule has 34 heavy (non-hydrogen) atoms. The molecule has 1 aliphatic rings. The summed E-state index contributed by atoms with van der Waals surface area (Å²) in [5.41, 5.74) is 2.38. The number of carbonyl (C=O) groups is 1. The highest BCUT2D eigenvalue weighted by Gasteiger charge is 2.23. The van der Waals surface area contributed by atoms with Gasteiger partial charge in [0.2, 0.25) is 5.95 Å². The van der Waals surface area contributed by atoms with Gasteiger partial charge in [-0.15, -0.1) is 0 Å². The predicted molar refractivity (Wildman–Crippen MR) is 124 cm³/mol. The number of halogens is 2. The van der Waals surface area contributed by atoms with Crippen molar-refractivity contribution in [2.24, 2.45) is 0 Å². The van der Waals surface area contributed by atoms with Crippen molar-refractivity contribution < 1.29 is 13.6 Å². The number of benzene rings is 1. The largest absolute Gasteiger partial charge is 0.365 e. The van der Waals surface area contributed by atoms with Crippen LogP contribution in [0.2, 0.25) is 0 Å². The molecule has 1 aromatic carbocycles. The van der Waals surface area contributed by atoms with E-state index in [2.05, 4.69) is 30.4 Å². The number of hydrogen-bond acceptors (Lipinski definition) is 6. The average molecular weight is 467 g/mol. The van der Waals surface area contributed by atoms with E-state index < -0.39 is 18.5 Å². The molecular weight excluding hydrogens is 444 g/mol. The van der Waals surface area contributed by atoms with Gasteiger partial charge in [-0.3, -0.25) is 19.6 Å². The third-order valence-corrected chi connectivity index (χ3v) is 6.33. The number of fused-ring (bicyclic) bond motifs is 3. The van der Waals surface area contributed by atoms with Crippen LogP contribution in [0.25, 0.3) is 21.8 Å². The molecule has 0 unspecified atom stereocenters. The molecule has 1 saturated heterocycles. The van der Waals surface area contributed by atoms with E-state index in [0.717, 1.165) is 10.9 Å². The summed E-state index contributed by atoms with van der Waals surface area (Å²) in [7, 11) is 1.47. The molecule has 1 aliphatic heterocycles. The fourth-order valence-electron chi connectivity index (χ4n) is 4.49. The van der Waals surface area contributed by atoms with Crippen LogP contribution in [0.1, 0.15) is 21.6 Å². The molecule has 3 aromatic heterocycles. The van der Waals surface area contributed by atoms with E-state index in [-0.39, 0.29) is 11.3 Å². The third-order valence-electron chi connectivity index (χ3n) is 6.33. The summed E-state index contributed by atoms with van der Waals surface area (Å²) in [4.78, 5) is 34.7. The molecule has 1 fully saturated rings. The number of hydrogen-bond donors (Lipinski definition) is 3. The van der Waals surface area contributed by atoms with E-state index in [9.17, 15) is 18.4 Å². The number of aromatic amines is 2. The van der Waals surface area contributed by atoms with Gasteiger partial charge in [-0.2, -0.15) is 9.49 Å². The number of piperazine rings is 1. The van der Waals surface area contributed by atoms with Gasteiger partial charge in [-0.1, -0.05) is 12.1 Å². The highest BCUT2D eigenvalue weighted by molar-refractivity contribution is 6.03. The second-order valence-electron chi connectivity index (χ2n) is 8.22. The number of rotatable bonds is 5. The number of aromatic nitrogens is 4. The van der Waals surface area contributed by atoms with Crippen LogP contribution in [0.5, 0.6) is 0 Å². The number of pyridine rings is 2. The standard InChI is InChI=1S/C23H23F2N7O2/c1-26-23(34)17-4-5-18(21(25)28-17)32-8-6-31(7-9-32)12-13-2-3-14-19(15(13)10-24)29-22(33)16-11-27-30-20(14)16/h2-5,11H,6-10,12H2,1H3,(H,26,34)(H,27,30)(H,29,33). The number of H-pyrrole nitrogens is 2. The summed E-state index contributed by atoms with van der Waals surface area (Å²) in [5.74, 6) is -1.12. The van der Waals surface area contributed by atoms with Crippen molar-refractivity contribution in [3.63, 3.8) is 0 Å². The molecule has 1 amide bonds. The van der Waals surface area contributed by atoms with Crippen molar-refractivity contribution in [1.82, 2.24) is 30.4 Å². The highest BCUT2D eigenvalue weighted by atomic mass is 19.1. The number of nitrogens with one attached hydrogen (secondary N) is 3. The van der Waals surface area contributed by atoms with E-state index in [4.69, 9.17) is 0 Å². The quantitative estimate of drug-likeness (QED) is 0.388. The lowest BCUT2D eigenvalue weighted by atomic mass is 10.0. The molecule has 176 valence electrons. The number of nitrogens with zero attached hydrogens (tertiary/aromatic N) is 4. The molecule has 4 heterocycles. The zero-order chi connectivity index (χ0) is 23.8. The lowest BCUT2D eigenvalue weighted by Crippen LogP contribution is -2.46. The second kappa shape index (κ2) is 8.82. The maximum absolute atomic E-state index is 14.5. The molecule has 0 spiro atoms. The Morgan fingerprint density at radius 1 is 1.12 bits per heavy atom. The molecule has 3 N–H and O–H groups in total. The van der Waals surface area contributed by atoms with Crippen molar-refractivity contribution in [1.29, 1.82) is 0 Å². The van der Waals surface area contributed by atoms with Crippen LogP contribution in [0.3, 0.4) is 0 Å². The Morgan fingerprint density at radius 3 is 2.62 bits per heavy atom. The Labute approximate surface area is 192 Å². The number of carbonyl (C=O) groups excluding carboxylic acids is 1. The Bertz CT molecular complexity index is 1440. The minimum Gasteiger partial charge on any atom is -0.365 e. The fraction of sp³-hybridized carbons (Fsp3) is 0.304. The van der Waals surface area contributed by atoms with Gasteiger partial charge in [0, 0.05) is 50.7 Å². The van der Waals surface area contributed by atoms with E-state index in [1.165, 1.54) is 19.3 Å². The van der Waals surface area contributed by atoms with Gasteiger partial charge < -0.3 is 15.2 Å². The Balaban J connectivity index is 1.34. The normalized spacial score (nSPS) is 14.7. The highest BCUT2D eigenvalue weighted by Crippen LogP contribution is 2.27. The molecular formula is C23H23F2N7O2. The van der Waals surface area contributed by atoms with Crippen LogP contribution in [-0.4, -0.2) is 64.2 Å². The summed E-state index contributed by atoms with van der Waals surface area (Å²) < 4.78 is 28.6. The third kappa shape index (κ3) is 3.77. The molecule has 4 aromatic rings. The fourth-order valence-corrected chi connectivity index (χ4v) is 4.49. The molecule has 11 heteroatoms. The van der Waals surface area contributed by atoms with Gasteiger partial charge in [-0.25, -0.2) is 9.37 Å². The van der Waals surface area contributed by atoms with Gasteiger partial charge in [0.1, 0.15) is 12.4 Å². The van der Waals surface area contributed by atoms with Crippen LogP contribution in [0, 0.1) is 5.95 Å². The summed E-state index contributed by atoms with van der Waals surface area (Å²) in [5, 5.41) is 10.3. The van der Waals surface area contributed by atoms with Gasteiger partial charge in [0.25, 0.3) is 11.5 Å². The molecule has 0 aliphatic carbocycles. The molecule has 9 nitrogen and oxygen atoms in total. The SMILES string of the molecule is CNC(=O)c1ccc(N2CCN(Cc3ccc4c([nH]c(=O)c5cn[nH]c54)c3CF)CC2)c(F)n1. The average Bonchev–Trinajstić information content (AvgIpc) is 3.35. The van der Waals surface area contributed by atoms with Crippen molar-refractivity contribution in [2.45, 2.75) is 13.2 Å². The predicted octanol–water partition coefficient (Wildman–Crippen LogP) is 2.09. The van der Waals surface area contributed by atoms with Crippen LogP contribution in [0.15, 0.2) is 35.3 Å². The van der Waals surface area contributed by atoms with Crippen LogP contribution in [-0.2, 0) is 13.2 Å². The van der Waals surface area contributed by atoms with Crippen molar-refractivity contribution >= 4 is 33.4 Å². The smallest absolute Gasteiger partial charge is 0.269 e. The molecule has 0 atom stereocenters. The molecule has 5 rings (SSSR count). The minimum absolute atomic E-state index is 0.0305. The van der Waals surface area contributed by atoms with E-state index >= 15 is 0 Å². The van der Waals surface area contributed by atoms with Gasteiger partial charge >= 0.3 is 0 Å². The van der Waals surface area contributed by atoms with Crippen LogP contribution in [0.4, 0.5) is 14.5 Å². The Morgan fingerprint density at radius 2 is 1.91 bits per heavy atom. The van der Waals surface area contributed by atoms with E-state index in [0.29, 0.717) is 60.4 Å². The molecule has 0 radical (unpaired) electrons. The summed E-state index contributed by atoms with van der Waals surface area (Å²) in [6.07, 6.45) is 1.46. The zero-order valence-corrected chi connectivity index (χ0v) is 18.5. The second-order valence-corrected chi connectivity index (χ2v) is 8.22. The summed E-state index contributed by atoms with van der Waals surface area (Å²) >= 11 is 0. The lowest BCUT2D eigenvalue weighted by molar-refractivity contribution is 0.0957. The minimum atomic E-state index is -0.712. The van der Waals surface area contributed by atoms with Crippen LogP contribution >= 0.6 is 0 Å². The molecule has 0 saturated carbocycles. The van der Waals surface area contributed by atoms with Gasteiger partial charge in [0.15, 0.2) is 0 Å². The Kier molecular flexibility index (Phi) is 5.70. The van der Waals surface area contributed by atoms with Gasteiger partial charge in [0.05, 0.1) is 28.3 Å². The van der Waals surface area contributed by atoms with E-state index in [1.807, 2.05) is 17.0 Å². The van der Waals surface area contributed by atoms with Gasteiger partial charge in [-0.05, 0) is 17.7 Å². The van der Waals surface area contributed by atoms with Crippen molar-refractivity contribution in [3.8, 4) is 0 Å². The number of anilines is 1. The Hall–Kier alpha value is -3.86. The van der Waals surface area contributed by atoms with Crippen LogP contribution < -0.4 is 15.8 Å². The number of alkyl halides is 1. The summed E-state index contributed by atoms with van der Waals surface area (Å²) in [6.45, 7) is 2.18. The zero-order valence-electron chi connectivity index (χ0n) is 18.5. The molecule has 0 bridgehead atoms. The maximum atomic E-state index is 14.5. The first-order chi connectivity index (χ1) is 16.5. The first-order valence-electron chi connectivity index (χ1n) is 10.9. The monoisotopic (exact) mass is 467 g/mol. The van der Waals surface area contributed by atoms with Crippen molar-refractivity contribution in [2.75, 3.05) is 38.1 Å². The first-order valence-corrected chi connectivity index (χ1v) is 10.9. The topological polar surface area (TPSA) is 110 Å². The first kappa shape index (κ1) is 22.0. The number of amides is 1. The van der Waals surface area contributed by atoms with Crippen molar-refractivity contribution in [3.05, 3.63) is 63.6 Å². The van der Waals surface area contributed by atoms with E-state index in [1.54, 1.807) is 6.07 Å². The summed E-state index contributed by atoms with van der Waals surface area (Å²) in [6, 6.07) is 6.82. The lowest BCUT2D eigenvalue weighted by Gasteiger charge is -2.36. The maximum Gasteiger partial charge on any atom is 0.269 e.